The predicted molar refractivity (Wildman–Crippen MR) is 47.3 cm³/mol. The number of thiazole rings is 1. The highest BCUT2D eigenvalue weighted by atomic mass is 127. The molecule has 11 heavy (non-hydrogen) atoms. The van der Waals surface area contributed by atoms with Crippen LogP contribution in [0.25, 0.3) is 0 Å². The largest absolute Gasteiger partial charge is 0.345 e. The Morgan fingerprint density at radius 3 is 3.00 bits per heavy atom. The van der Waals surface area contributed by atoms with Crippen LogP contribution < -0.4 is 0 Å². The van der Waals surface area contributed by atoms with Crippen molar-refractivity contribution in [1.82, 2.24) is 4.98 Å². The molecule has 1 rings (SSSR count). The summed E-state index contributed by atoms with van der Waals surface area (Å²) in [6.45, 7) is 0. The molecule has 0 bridgehead atoms. The standard InChI is InChI=1S/C3HIN4O2S/c4-7-6-3-5-1-2(11-3)8(9)10/h1H. The fourth-order valence-corrected chi connectivity index (χ4v) is 1.32. The molecule has 0 amide bonds. The molecule has 58 valence electrons. The van der Waals surface area contributed by atoms with Gasteiger partial charge in [-0.25, -0.2) is 4.98 Å². The van der Waals surface area contributed by atoms with E-state index in [2.05, 4.69) is 13.4 Å². The van der Waals surface area contributed by atoms with Crippen LogP contribution in [0.1, 0.15) is 0 Å². The van der Waals surface area contributed by atoms with E-state index in [9.17, 15) is 10.1 Å². The zero-order valence-corrected chi connectivity index (χ0v) is 7.94. The molecule has 0 aliphatic rings. The van der Waals surface area contributed by atoms with Crippen LogP contribution in [0.3, 0.4) is 0 Å². The maximum Gasteiger partial charge on any atom is 0.345 e. The SMILES string of the molecule is O=[N+]([O-])c1cnc(N=NI)s1. The van der Waals surface area contributed by atoms with E-state index in [-0.39, 0.29) is 5.00 Å². The van der Waals surface area contributed by atoms with E-state index in [0.717, 1.165) is 17.5 Å². The minimum absolute atomic E-state index is 0.0243. The lowest BCUT2D eigenvalue weighted by Gasteiger charge is -1.76. The smallest absolute Gasteiger partial charge is 0.257 e. The third-order valence-electron chi connectivity index (χ3n) is 0.785. The third kappa shape index (κ3) is 2.15. The molecule has 1 aromatic rings. The van der Waals surface area contributed by atoms with Gasteiger partial charge < -0.3 is 0 Å². The normalized spacial score (nSPS) is 10.6. The van der Waals surface area contributed by atoms with Crippen LogP contribution in [0.2, 0.25) is 0 Å². The molecule has 8 heteroatoms. The molecule has 0 N–H and O–H groups in total. The molecular weight excluding hydrogens is 283 g/mol. The number of nitrogens with zero attached hydrogens (tertiary/aromatic N) is 4. The number of rotatable bonds is 2. The Labute approximate surface area is 79.0 Å². The Morgan fingerprint density at radius 1 is 1.82 bits per heavy atom. The number of aromatic nitrogens is 1. The third-order valence-corrected chi connectivity index (χ3v) is 1.83. The number of nitro groups is 1. The van der Waals surface area contributed by atoms with E-state index in [0.29, 0.717) is 5.13 Å². The highest BCUT2D eigenvalue weighted by Gasteiger charge is 2.10. The van der Waals surface area contributed by atoms with Crippen molar-refractivity contribution in [2.24, 2.45) is 8.44 Å². The maximum atomic E-state index is 10.1. The van der Waals surface area contributed by atoms with Gasteiger partial charge in [-0.15, -0.1) is 8.44 Å². The molecular formula is C3HIN4O2S. The Kier molecular flexibility index (Phi) is 2.82. The van der Waals surface area contributed by atoms with Crippen molar-refractivity contribution in [2.45, 2.75) is 0 Å². The summed E-state index contributed by atoms with van der Waals surface area (Å²) in [5, 5.41) is 13.9. The molecule has 0 aromatic carbocycles. The first-order valence-corrected chi connectivity index (χ1v) is 4.14. The highest BCUT2D eigenvalue weighted by molar-refractivity contribution is 14.1. The first-order valence-electron chi connectivity index (χ1n) is 2.36. The first-order chi connectivity index (χ1) is 5.24. The minimum Gasteiger partial charge on any atom is -0.257 e. The average Bonchev–Trinajstić information content (AvgIpc) is 2.37. The molecule has 0 saturated carbocycles. The van der Waals surface area contributed by atoms with Crippen LogP contribution in [0, 0.1) is 10.1 Å². The summed E-state index contributed by atoms with van der Waals surface area (Å²) >= 11 is 2.56. The summed E-state index contributed by atoms with van der Waals surface area (Å²) < 4.78 is 3.40. The lowest BCUT2D eigenvalue weighted by Crippen LogP contribution is -1.80. The van der Waals surface area contributed by atoms with E-state index < -0.39 is 4.92 Å². The number of halogens is 1. The van der Waals surface area contributed by atoms with Crippen molar-refractivity contribution < 1.29 is 4.92 Å². The number of hydrogen-bond acceptors (Lipinski definition) is 6. The van der Waals surface area contributed by atoms with Gasteiger partial charge >= 0.3 is 5.00 Å². The second-order valence-electron chi connectivity index (χ2n) is 1.41. The minimum atomic E-state index is -0.510. The summed E-state index contributed by atoms with van der Waals surface area (Å²) in [6.07, 6.45) is 1.16. The van der Waals surface area contributed by atoms with Crippen molar-refractivity contribution >= 4 is 44.3 Å². The van der Waals surface area contributed by atoms with Gasteiger partial charge in [0.15, 0.2) is 0 Å². The van der Waals surface area contributed by atoms with Crippen molar-refractivity contribution in [1.29, 1.82) is 0 Å². The Hall–Kier alpha value is -0.640. The Bertz CT molecular complexity index is 297. The molecule has 6 nitrogen and oxygen atoms in total. The summed E-state index contributed by atoms with van der Waals surface area (Å²) in [4.78, 5) is 13.2. The second kappa shape index (κ2) is 3.67. The highest BCUT2D eigenvalue weighted by Crippen LogP contribution is 2.27. The van der Waals surface area contributed by atoms with Crippen molar-refractivity contribution in [3.8, 4) is 0 Å². The van der Waals surface area contributed by atoms with E-state index >= 15 is 0 Å². The van der Waals surface area contributed by atoms with Crippen molar-refractivity contribution in [3.05, 3.63) is 16.3 Å². The topological polar surface area (TPSA) is 80.8 Å². The summed E-state index contributed by atoms with van der Waals surface area (Å²) in [5.41, 5.74) is 0. The summed E-state index contributed by atoms with van der Waals surface area (Å²) in [5.74, 6) is 0. The number of hydrogen-bond donors (Lipinski definition) is 0. The van der Waals surface area contributed by atoms with Gasteiger partial charge in [0, 0.05) is 0 Å². The van der Waals surface area contributed by atoms with Gasteiger partial charge in [0.05, 0.1) is 4.92 Å². The molecule has 0 spiro atoms. The molecule has 0 unspecified atom stereocenters. The van der Waals surface area contributed by atoms with Gasteiger partial charge in [0.25, 0.3) is 0 Å². The average molecular weight is 284 g/mol. The zero-order chi connectivity index (χ0) is 8.27. The van der Waals surface area contributed by atoms with Crippen molar-refractivity contribution in [2.75, 3.05) is 0 Å². The lowest BCUT2D eigenvalue weighted by atomic mass is 10.9. The van der Waals surface area contributed by atoms with Crippen LogP contribution in [0.15, 0.2) is 14.6 Å². The second-order valence-corrected chi connectivity index (χ2v) is 2.83. The van der Waals surface area contributed by atoms with Crippen molar-refractivity contribution in [3.63, 3.8) is 0 Å². The predicted octanol–water partition coefficient (Wildman–Crippen LogP) is 2.49. The van der Waals surface area contributed by atoms with E-state index in [1.807, 2.05) is 0 Å². The molecule has 0 aliphatic carbocycles. The molecule has 0 aliphatic heterocycles. The van der Waals surface area contributed by atoms with E-state index in [4.69, 9.17) is 0 Å². The molecule has 0 radical (unpaired) electrons. The molecule has 1 heterocycles. The van der Waals surface area contributed by atoms with Gasteiger partial charge in [-0.2, -0.15) is 0 Å². The molecule has 1 aromatic heterocycles. The fourth-order valence-electron chi connectivity index (χ4n) is 0.420. The van der Waals surface area contributed by atoms with Gasteiger partial charge in [0.2, 0.25) is 5.13 Å². The zero-order valence-electron chi connectivity index (χ0n) is 4.97. The monoisotopic (exact) mass is 284 g/mol. The van der Waals surface area contributed by atoms with Gasteiger partial charge in [0.1, 0.15) is 29.1 Å². The maximum absolute atomic E-state index is 10.1. The van der Waals surface area contributed by atoms with Crippen LogP contribution in [-0.2, 0) is 0 Å². The Balaban J connectivity index is 2.90. The van der Waals surface area contributed by atoms with Crippen LogP contribution in [-0.4, -0.2) is 9.91 Å². The molecule has 0 fully saturated rings. The quantitative estimate of drug-likeness (QED) is 0.362. The van der Waals surface area contributed by atoms with Crippen LogP contribution in [0.5, 0.6) is 0 Å². The van der Waals surface area contributed by atoms with Gasteiger partial charge in [-0.05, 0) is 11.3 Å². The summed E-state index contributed by atoms with van der Waals surface area (Å²) in [6, 6.07) is 0. The summed E-state index contributed by atoms with van der Waals surface area (Å²) in [7, 11) is 0. The molecule has 0 atom stereocenters. The van der Waals surface area contributed by atoms with Crippen LogP contribution in [0.4, 0.5) is 10.1 Å². The van der Waals surface area contributed by atoms with Crippen LogP contribution >= 0.6 is 34.2 Å². The fraction of sp³-hybridized carbons (Fsp3) is 0. The first kappa shape index (κ1) is 8.46. The lowest BCUT2D eigenvalue weighted by molar-refractivity contribution is -0.380. The van der Waals surface area contributed by atoms with Gasteiger partial charge in [-0.1, -0.05) is 0 Å². The Morgan fingerprint density at radius 2 is 2.55 bits per heavy atom. The van der Waals surface area contributed by atoms with E-state index in [1.165, 1.54) is 0 Å². The molecule has 0 saturated heterocycles. The van der Waals surface area contributed by atoms with Gasteiger partial charge in [-0.3, -0.25) is 10.1 Å². The van der Waals surface area contributed by atoms with E-state index in [1.54, 1.807) is 22.9 Å².